The third kappa shape index (κ3) is 2.34. The summed E-state index contributed by atoms with van der Waals surface area (Å²) in [6, 6.07) is 8.84. The molecule has 0 aliphatic carbocycles. The molecule has 0 aliphatic heterocycles. The van der Waals surface area contributed by atoms with Crippen molar-refractivity contribution in [3.63, 3.8) is 0 Å². The van der Waals surface area contributed by atoms with Crippen molar-refractivity contribution < 1.29 is 5.11 Å². The van der Waals surface area contributed by atoms with Crippen LogP contribution in [0.2, 0.25) is 5.02 Å². The molecule has 3 nitrogen and oxygen atoms in total. The van der Waals surface area contributed by atoms with E-state index in [0.717, 1.165) is 5.56 Å². The van der Waals surface area contributed by atoms with Gasteiger partial charge in [0, 0.05) is 23.8 Å². The van der Waals surface area contributed by atoms with E-state index in [1.165, 1.54) is 6.07 Å². The predicted molar refractivity (Wildman–Crippen MR) is 67.7 cm³/mol. The average molecular weight is 250 g/mol. The summed E-state index contributed by atoms with van der Waals surface area (Å²) in [5, 5.41) is 10.2. The highest BCUT2D eigenvalue weighted by molar-refractivity contribution is 6.31. The van der Waals surface area contributed by atoms with Crippen molar-refractivity contribution in [1.82, 2.24) is 4.57 Å². The summed E-state index contributed by atoms with van der Waals surface area (Å²) < 4.78 is 1.79. The van der Waals surface area contributed by atoms with E-state index in [-0.39, 0.29) is 11.2 Å². The van der Waals surface area contributed by atoms with Gasteiger partial charge in [-0.15, -0.1) is 0 Å². The Bertz CT molecular complexity index is 605. The Labute approximate surface area is 104 Å². The van der Waals surface area contributed by atoms with Gasteiger partial charge >= 0.3 is 0 Å². The largest absolute Gasteiger partial charge is 0.503 e. The Morgan fingerprint density at radius 3 is 2.71 bits per heavy atom. The Morgan fingerprint density at radius 1 is 1.29 bits per heavy atom. The number of halogens is 1. The summed E-state index contributed by atoms with van der Waals surface area (Å²) in [6.07, 6.45) is 1.65. The SMILES string of the molecule is Cc1c(O)c(=O)ccn1Cc1ccccc1Cl. The predicted octanol–water partition coefficient (Wildman–Crippen LogP) is 2.56. The molecule has 4 heteroatoms. The van der Waals surface area contributed by atoms with Crippen LogP contribution in [0.3, 0.4) is 0 Å². The van der Waals surface area contributed by atoms with Gasteiger partial charge in [-0.1, -0.05) is 29.8 Å². The third-order valence-corrected chi connectivity index (χ3v) is 3.08. The monoisotopic (exact) mass is 249 g/mol. The fourth-order valence-electron chi connectivity index (χ4n) is 1.64. The molecule has 0 bridgehead atoms. The van der Waals surface area contributed by atoms with Gasteiger partial charge in [0.2, 0.25) is 5.43 Å². The van der Waals surface area contributed by atoms with E-state index in [9.17, 15) is 9.90 Å². The molecular formula is C13H12ClNO2. The minimum absolute atomic E-state index is 0.209. The van der Waals surface area contributed by atoms with E-state index >= 15 is 0 Å². The normalized spacial score (nSPS) is 10.5. The van der Waals surface area contributed by atoms with E-state index in [2.05, 4.69) is 0 Å². The van der Waals surface area contributed by atoms with Crippen molar-refractivity contribution in [2.75, 3.05) is 0 Å². The summed E-state index contributed by atoms with van der Waals surface area (Å²) in [7, 11) is 0. The maximum absolute atomic E-state index is 11.2. The molecule has 0 saturated heterocycles. The van der Waals surface area contributed by atoms with Gasteiger partial charge in [-0.3, -0.25) is 4.79 Å². The zero-order valence-electron chi connectivity index (χ0n) is 9.35. The number of nitrogens with zero attached hydrogens (tertiary/aromatic N) is 1. The van der Waals surface area contributed by atoms with Crippen molar-refractivity contribution >= 4 is 11.6 Å². The molecule has 0 spiro atoms. The second-order valence-electron chi connectivity index (χ2n) is 3.83. The van der Waals surface area contributed by atoms with Gasteiger partial charge in [0.15, 0.2) is 5.75 Å². The lowest BCUT2D eigenvalue weighted by Gasteiger charge is -2.12. The molecule has 2 rings (SSSR count). The molecule has 88 valence electrons. The first-order chi connectivity index (χ1) is 8.09. The van der Waals surface area contributed by atoms with E-state index in [1.54, 1.807) is 17.7 Å². The summed E-state index contributed by atoms with van der Waals surface area (Å²) in [4.78, 5) is 11.2. The molecule has 17 heavy (non-hydrogen) atoms. The molecular weight excluding hydrogens is 238 g/mol. The van der Waals surface area contributed by atoms with Crippen LogP contribution in [0, 0.1) is 6.92 Å². The second kappa shape index (κ2) is 4.63. The first-order valence-electron chi connectivity index (χ1n) is 5.22. The molecule has 0 radical (unpaired) electrons. The minimum Gasteiger partial charge on any atom is -0.503 e. The molecule has 0 fully saturated rings. The average Bonchev–Trinajstić information content (AvgIpc) is 2.32. The van der Waals surface area contributed by atoms with Crippen LogP contribution in [0.25, 0.3) is 0 Å². The topological polar surface area (TPSA) is 42.2 Å². The van der Waals surface area contributed by atoms with Crippen LogP contribution in [0.4, 0.5) is 0 Å². The van der Waals surface area contributed by atoms with Crippen molar-refractivity contribution in [3.05, 3.63) is 63.0 Å². The molecule has 1 aromatic heterocycles. The fourth-order valence-corrected chi connectivity index (χ4v) is 1.84. The van der Waals surface area contributed by atoms with Crippen LogP contribution >= 0.6 is 11.6 Å². The second-order valence-corrected chi connectivity index (χ2v) is 4.24. The number of hydrogen-bond acceptors (Lipinski definition) is 2. The summed E-state index contributed by atoms with van der Waals surface area (Å²) >= 11 is 6.06. The van der Waals surface area contributed by atoms with Crippen LogP contribution in [-0.2, 0) is 6.54 Å². The van der Waals surface area contributed by atoms with Crippen LogP contribution in [0.5, 0.6) is 5.75 Å². The Kier molecular flexibility index (Phi) is 3.20. The standard InChI is InChI=1S/C13H12ClNO2/c1-9-13(17)12(16)6-7-15(9)8-10-4-2-3-5-11(10)14/h2-7,17H,8H2,1H3. The number of hydrogen-bond donors (Lipinski definition) is 1. The number of benzene rings is 1. The molecule has 1 aromatic carbocycles. The molecule has 0 atom stereocenters. The van der Waals surface area contributed by atoms with Gasteiger partial charge in [0.1, 0.15) is 0 Å². The maximum atomic E-state index is 11.2. The molecule has 0 unspecified atom stereocenters. The van der Waals surface area contributed by atoms with E-state index < -0.39 is 0 Å². The number of aromatic hydroxyl groups is 1. The van der Waals surface area contributed by atoms with Crippen molar-refractivity contribution in [2.24, 2.45) is 0 Å². The first-order valence-corrected chi connectivity index (χ1v) is 5.60. The molecule has 0 aliphatic rings. The highest BCUT2D eigenvalue weighted by Gasteiger charge is 2.06. The Hall–Kier alpha value is -1.74. The minimum atomic E-state index is -0.363. The van der Waals surface area contributed by atoms with Gasteiger partial charge in [-0.2, -0.15) is 0 Å². The summed E-state index contributed by atoms with van der Waals surface area (Å²) in [5.41, 5.74) is 1.12. The summed E-state index contributed by atoms with van der Waals surface area (Å²) in [6.45, 7) is 2.23. The van der Waals surface area contributed by atoms with Crippen LogP contribution in [0.15, 0.2) is 41.3 Å². The lowest BCUT2D eigenvalue weighted by atomic mass is 10.2. The van der Waals surface area contributed by atoms with Crippen molar-refractivity contribution in [1.29, 1.82) is 0 Å². The van der Waals surface area contributed by atoms with Gasteiger partial charge < -0.3 is 9.67 Å². The van der Waals surface area contributed by atoms with Gasteiger partial charge in [-0.25, -0.2) is 0 Å². The lowest BCUT2D eigenvalue weighted by molar-refractivity contribution is 0.455. The van der Waals surface area contributed by atoms with Crippen molar-refractivity contribution in [3.8, 4) is 5.75 Å². The van der Waals surface area contributed by atoms with Gasteiger partial charge in [0.25, 0.3) is 0 Å². The van der Waals surface area contributed by atoms with E-state index in [4.69, 9.17) is 11.6 Å². The lowest BCUT2D eigenvalue weighted by Crippen LogP contribution is -2.10. The zero-order valence-corrected chi connectivity index (χ0v) is 10.1. The molecule has 1 N–H and O–H groups in total. The van der Waals surface area contributed by atoms with Crippen molar-refractivity contribution in [2.45, 2.75) is 13.5 Å². The zero-order chi connectivity index (χ0) is 12.4. The number of aromatic nitrogens is 1. The molecule has 0 saturated carbocycles. The van der Waals surface area contributed by atoms with Gasteiger partial charge in [0.05, 0.1) is 5.69 Å². The molecule has 0 amide bonds. The van der Waals surface area contributed by atoms with E-state index in [0.29, 0.717) is 17.3 Å². The summed E-state index contributed by atoms with van der Waals surface area (Å²) in [5.74, 6) is -0.209. The maximum Gasteiger partial charge on any atom is 0.223 e. The quantitative estimate of drug-likeness (QED) is 0.889. The third-order valence-electron chi connectivity index (χ3n) is 2.71. The fraction of sp³-hybridized carbons (Fsp3) is 0.154. The Balaban J connectivity index is 2.41. The number of pyridine rings is 1. The highest BCUT2D eigenvalue weighted by Crippen LogP contribution is 2.18. The highest BCUT2D eigenvalue weighted by atomic mass is 35.5. The van der Waals surface area contributed by atoms with E-state index in [1.807, 2.05) is 24.3 Å². The molecule has 2 aromatic rings. The first kappa shape index (κ1) is 11.7. The number of rotatable bonds is 2. The van der Waals surface area contributed by atoms with Crippen LogP contribution < -0.4 is 5.43 Å². The van der Waals surface area contributed by atoms with Gasteiger partial charge in [-0.05, 0) is 18.6 Å². The smallest absolute Gasteiger partial charge is 0.223 e. The Morgan fingerprint density at radius 2 is 2.00 bits per heavy atom. The van der Waals surface area contributed by atoms with Crippen LogP contribution in [-0.4, -0.2) is 9.67 Å². The molecule has 1 heterocycles. The van der Waals surface area contributed by atoms with Crippen LogP contribution in [0.1, 0.15) is 11.3 Å².